The summed E-state index contributed by atoms with van der Waals surface area (Å²) in [6, 6.07) is 0.290. The number of hydrogen-bond donors (Lipinski definition) is 1. The molecule has 0 saturated heterocycles. The van der Waals surface area contributed by atoms with Crippen molar-refractivity contribution in [1.82, 2.24) is 4.90 Å². The lowest BCUT2D eigenvalue weighted by atomic mass is 10.2. The first-order valence-electron chi connectivity index (χ1n) is 3.68. The van der Waals surface area contributed by atoms with Gasteiger partial charge in [-0.05, 0) is 13.5 Å². The van der Waals surface area contributed by atoms with Gasteiger partial charge in [0.15, 0.2) is 0 Å². The topological polar surface area (TPSA) is 23.5 Å². The molecule has 0 aliphatic carbocycles. The van der Waals surface area contributed by atoms with E-state index in [2.05, 4.69) is 18.4 Å². The van der Waals surface area contributed by atoms with E-state index in [4.69, 9.17) is 5.11 Å². The Morgan fingerprint density at radius 1 is 1.70 bits per heavy atom. The second-order valence-electron chi connectivity index (χ2n) is 2.47. The van der Waals surface area contributed by atoms with Crippen LogP contribution in [0.2, 0.25) is 0 Å². The summed E-state index contributed by atoms with van der Waals surface area (Å²) in [5, 5.41) is 8.85. The van der Waals surface area contributed by atoms with Gasteiger partial charge in [0.25, 0.3) is 0 Å². The molecule has 0 bridgehead atoms. The molecule has 60 valence electrons. The fourth-order valence-corrected chi connectivity index (χ4v) is 0.933. The Morgan fingerprint density at radius 3 is 2.60 bits per heavy atom. The zero-order chi connectivity index (χ0) is 7.98. The lowest BCUT2D eigenvalue weighted by Gasteiger charge is -2.23. The molecule has 2 heteroatoms. The standard InChI is InChI=1S/C8H17NO/c1-4-6-9(3)8(5-2)7-10/h4,8,10H,1,5-7H2,2-3H3. The summed E-state index contributed by atoms with van der Waals surface area (Å²) in [7, 11) is 1.99. The quantitative estimate of drug-likeness (QED) is 0.577. The molecule has 0 amide bonds. The van der Waals surface area contributed by atoms with Crippen LogP contribution in [0.5, 0.6) is 0 Å². The molecule has 10 heavy (non-hydrogen) atoms. The lowest BCUT2D eigenvalue weighted by molar-refractivity contribution is 0.154. The zero-order valence-corrected chi connectivity index (χ0v) is 6.88. The van der Waals surface area contributed by atoms with E-state index in [1.165, 1.54) is 0 Å². The highest BCUT2D eigenvalue weighted by Gasteiger charge is 2.08. The van der Waals surface area contributed by atoms with Crippen LogP contribution in [0.1, 0.15) is 13.3 Å². The first-order chi connectivity index (χ1) is 4.76. The van der Waals surface area contributed by atoms with Gasteiger partial charge in [-0.25, -0.2) is 0 Å². The Balaban J connectivity index is 3.63. The summed E-state index contributed by atoms with van der Waals surface area (Å²) in [4.78, 5) is 2.09. The molecule has 0 aliphatic heterocycles. The van der Waals surface area contributed by atoms with Gasteiger partial charge in [-0.1, -0.05) is 13.0 Å². The molecule has 1 unspecified atom stereocenters. The van der Waals surface area contributed by atoms with Crippen molar-refractivity contribution < 1.29 is 5.11 Å². The minimum absolute atomic E-state index is 0.237. The fraction of sp³-hybridized carbons (Fsp3) is 0.750. The molecule has 0 aliphatic rings. The van der Waals surface area contributed by atoms with E-state index >= 15 is 0 Å². The van der Waals surface area contributed by atoms with E-state index in [9.17, 15) is 0 Å². The summed E-state index contributed by atoms with van der Waals surface area (Å²) in [6.07, 6.45) is 2.83. The van der Waals surface area contributed by atoms with E-state index in [1.807, 2.05) is 13.1 Å². The van der Waals surface area contributed by atoms with Crippen molar-refractivity contribution in [2.24, 2.45) is 0 Å². The van der Waals surface area contributed by atoms with Gasteiger partial charge in [-0.3, -0.25) is 4.90 Å². The van der Waals surface area contributed by atoms with Crippen molar-refractivity contribution >= 4 is 0 Å². The fourth-order valence-electron chi connectivity index (χ4n) is 0.933. The summed E-state index contributed by atoms with van der Waals surface area (Å²) in [5.41, 5.74) is 0. The van der Waals surface area contributed by atoms with Gasteiger partial charge in [0, 0.05) is 12.6 Å². The van der Waals surface area contributed by atoms with Gasteiger partial charge >= 0.3 is 0 Å². The van der Waals surface area contributed by atoms with E-state index in [-0.39, 0.29) is 12.6 Å². The first kappa shape index (κ1) is 9.66. The molecule has 1 N–H and O–H groups in total. The molecule has 0 aromatic heterocycles. The van der Waals surface area contributed by atoms with Crippen LogP contribution >= 0.6 is 0 Å². The molecule has 0 radical (unpaired) electrons. The normalized spacial score (nSPS) is 13.6. The minimum atomic E-state index is 0.237. The van der Waals surface area contributed by atoms with Crippen molar-refractivity contribution in [2.75, 3.05) is 20.2 Å². The molecular formula is C8H17NO. The number of likely N-dealkylation sites (N-methyl/N-ethyl adjacent to an activating group) is 1. The third kappa shape index (κ3) is 2.99. The van der Waals surface area contributed by atoms with Crippen LogP contribution in [0.4, 0.5) is 0 Å². The minimum Gasteiger partial charge on any atom is -0.395 e. The average molecular weight is 143 g/mol. The monoisotopic (exact) mass is 143 g/mol. The zero-order valence-electron chi connectivity index (χ0n) is 6.88. The van der Waals surface area contributed by atoms with Crippen LogP contribution in [0, 0.1) is 0 Å². The predicted octanol–water partition coefficient (Wildman–Crippen LogP) is 0.875. The molecule has 0 spiro atoms. The molecule has 1 atom stereocenters. The Morgan fingerprint density at radius 2 is 2.30 bits per heavy atom. The van der Waals surface area contributed by atoms with Crippen molar-refractivity contribution in [3.05, 3.63) is 12.7 Å². The lowest BCUT2D eigenvalue weighted by Crippen LogP contribution is -2.34. The Hall–Kier alpha value is -0.340. The third-order valence-corrected chi connectivity index (χ3v) is 1.72. The molecular weight excluding hydrogens is 126 g/mol. The van der Waals surface area contributed by atoms with Crippen molar-refractivity contribution in [3.8, 4) is 0 Å². The van der Waals surface area contributed by atoms with E-state index in [0.29, 0.717) is 0 Å². The molecule has 0 aromatic rings. The maximum atomic E-state index is 8.85. The maximum absolute atomic E-state index is 8.85. The number of rotatable bonds is 5. The highest BCUT2D eigenvalue weighted by atomic mass is 16.3. The second-order valence-corrected chi connectivity index (χ2v) is 2.47. The highest BCUT2D eigenvalue weighted by Crippen LogP contribution is 1.99. The van der Waals surface area contributed by atoms with Crippen LogP contribution in [-0.2, 0) is 0 Å². The van der Waals surface area contributed by atoms with E-state index < -0.39 is 0 Å². The average Bonchev–Trinajstić information content (AvgIpc) is 1.91. The summed E-state index contributed by atoms with van der Waals surface area (Å²) in [6.45, 7) is 6.78. The summed E-state index contributed by atoms with van der Waals surface area (Å²) >= 11 is 0. The van der Waals surface area contributed by atoms with Gasteiger partial charge in [-0.2, -0.15) is 0 Å². The van der Waals surface area contributed by atoms with Gasteiger partial charge in [0.05, 0.1) is 6.61 Å². The summed E-state index contributed by atoms with van der Waals surface area (Å²) < 4.78 is 0. The van der Waals surface area contributed by atoms with E-state index in [0.717, 1.165) is 13.0 Å². The smallest absolute Gasteiger partial charge is 0.0586 e. The Labute approximate surface area is 63.2 Å². The Kier molecular flexibility index (Phi) is 5.26. The van der Waals surface area contributed by atoms with Crippen LogP contribution in [-0.4, -0.2) is 36.2 Å². The number of aliphatic hydroxyl groups excluding tert-OH is 1. The second kappa shape index (κ2) is 5.45. The van der Waals surface area contributed by atoms with Crippen LogP contribution in [0.15, 0.2) is 12.7 Å². The predicted molar refractivity (Wildman–Crippen MR) is 44.0 cm³/mol. The van der Waals surface area contributed by atoms with E-state index in [1.54, 1.807) is 0 Å². The SMILES string of the molecule is C=CCN(C)C(CC)CO. The summed E-state index contributed by atoms with van der Waals surface area (Å²) in [5.74, 6) is 0. The molecule has 0 rings (SSSR count). The van der Waals surface area contributed by atoms with Crippen LogP contribution in [0.25, 0.3) is 0 Å². The van der Waals surface area contributed by atoms with Gasteiger partial charge in [0.1, 0.15) is 0 Å². The number of hydrogen-bond acceptors (Lipinski definition) is 2. The van der Waals surface area contributed by atoms with Crippen molar-refractivity contribution in [2.45, 2.75) is 19.4 Å². The van der Waals surface area contributed by atoms with Crippen LogP contribution < -0.4 is 0 Å². The molecule has 0 saturated carbocycles. The highest BCUT2D eigenvalue weighted by molar-refractivity contribution is 4.75. The van der Waals surface area contributed by atoms with Gasteiger partial charge < -0.3 is 5.11 Å². The molecule has 0 aromatic carbocycles. The molecule has 0 heterocycles. The van der Waals surface area contributed by atoms with Gasteiger partial charge in [0.2, 0.25) is 0 Å². The maximum Gasteiger partial charge on any atom is 0.0586 e. The number of nitrogens with zero attached hydrogens (tertiary/aromatic N) is 1. The molecule has 0 fully saturated rings. The largest absolute Gasteiger partial charge is 0.395 e. The van der Waals surface area contributed by atoms with Gasteiger partial charge in [-0.15, -0.1) is 6.58 Å². The molecule has 2 nitrogen and oxygen atoms in total. The number of aliphatic hydroxyl groups is 1. The first-order valence-corrected chi connectivity index (χ1v) is 3.68. The Bertz CT molecular complexity index is 89.3. The van der Waals surface area contributed by atoms with Crippen molar-refractivity contribution in [1.29, 1.82) is 0 Å². The van der Waals surface area contributed by atoms with Crippen LogP contribution in [0.3, 0.4) is 0 Å². The third-order valence-electron chi connectivity index (χ3n) is 1.72. The van der Waals surface area contributed by atoms with Crippen molar-refractivity contribution in [3.63, 3.8) is 0 Å².